The van der Waals surface area contributed by atoms with E-state index in [0.29, 0.717) is 11.5 Å². The van der Waals surface area contributed by atoms with Crippen molar-refractivity contribution in [2.24, 2.45) is 17.3 Å². The minimum absolute atomic E-state index is 0.0555. The molecule has 2 aliphatic carbocycles. The van der Waals surface area contributed by atoms with Crippen LogP contribution in [0.1, 0.15) is 37.4 Å². The molecule has 0 spiro atoms. The number of nitriles is 1. The summed E-state index contributed by atoms with van der Waals surface area (Å²) in [4.78, 5) is 0. The van der Waals surface area contributed by atoms with E-state index in [0.717, 1.165) is 25.7 Å². The summed E-state index contributed by atoms with van der Waals surface area (Å²) in [6, 6.07) is 8.29. The van der Waals surface area contributed by atoms with Gasteiger partial charge in [-0.1, -0.05) is 18.6 Å². The first-order chi connectivity index (χ1) is 10.0. The summed E-state index contributed by atoms with van der Waals surface area (Å²) in [5.74, 6) is 0.824. The van der Waals surface area contributed by atoms with E-state index in [1.165, 1.54) is 12.1 Å². The van der Waals surface area contributed by atoms with Crippen LogP contribution in [0.15, 0.2) is 24.3 Å². The Morgan fingerprint density at radius 1 is 1.29 bits per heavy atom. The quantitative estimate of drug-likeness (QED) is 0.922. The molecule has 2 saturated carbocycles. The summed E-state index contributed by atoms with van der Waals surface area (Å²) in [7, 11) is 0. The first-order valence-corrected chi connectivity index (χ1v) is 7.19. The lowest BCUT2D eigenvalue weighted by atomic mass is 9.68. The fraction of sp³-hybridized carbons (Fsp3) is 0.562. The van der Waals surface area contributed by atoms with Gasteiger partial charge in [-0.2, -0.15) is 14.0 Å². The fourth-order valence-corrected chi connectivity index (χ4v) is 4.03. The lowest BCUT2D eigenvalue weighted by Gasteiger charge is -2.35. The summed E-state index contributed by atoms with van der Waals surface area (Å²) in [5, 5.41) is 20.3. The highest BCUT2D eigenvalue weighted by Gasteiger charge is 2.55. The molecule has 0 aromatic heterocycles. The Bertz CT molecular complexity index is 554. The van der Waals surface area contributed by atoms with Gasteiger partial charge in [0.25, 0.3) is 0 Å². The molecule has 2 fully saturated rings. The van der Waals surface area contributed by atoms with Crippen LogP contribution in [0.25, 0.3) is 0 Å². The predicted molar refractivity (Wildman–Crippen MR) is 71.5 cm³/mol. The smallest absolute Gasteiger partial charge is 0.387 e. The molecule has 0 heterocycles. The van der Waals surface area contributed by atoms with Gasteiger partial charge in [0.1, 0.15) is 5.75 Å². The summed E-state index contributed by atoms with van der Waals surface area (Å²) < 4.78 is 28.6. The first-order valence-electron chi connectivity index (χ1n) is 7.19. The van der Waals surface area contributed by atoms with Crippen molar-refractivity contribution in [1.82, 2.24) is 0 Å². The highest BCUT2D eigenvalue weighted by Crippen LogP contribution is 2.60. The SMILES string of the molecule is N#CC1(C(O)c2ccc(OC(F)F)cc2)CC2CCC1C2. The molecule has 5 heteroatoms. The average molecular weight is 293 g/mol. The van der Waals surface area contributed by atoms with Crippen LogP contribution in [0.5, 0.6) is 5.75 Å². The minimum Gasteiger partial charge on any atom is -0.435 e. The van der Waals surface area contributed by atoms with Crippen LogP contribution in [-0.2, 0) is 0 Å². The van der Waals surface area contributed by atoms with Crippen molar-refractivity contribution in [1.29, 1.82) is 5.26 Å². The van der Waals surface area contributed by atoms with Crippen LogP contribution in [-0.4, -0.2) is 11.7 Å². The lowest BCUT2D eigenvalue weighted by molar-refractivity contribution is -0.0499. The standard InChI is InChI=1S/C16H17F2NO2/c17-15(18)21-13-5-2-11(3-6-13)14(20)16(9-19)8-10-1-4-12(16)7-10/h2-3,5-6,10,12,14-15,20H,1,4,7-8H2. The zero-order chi connectivity index (χ0) is 15.0. The van der Waals surface area contributed by atoms with E-state index in [9.17, 15) is 19.1 Å². The fourth-order valence-electron chi connectivity index (χ4n) is 4.03. The number of hydrogen-bond acceptors (Lipinski definition) is 3. The summed E-state index contributed by atoms with van der Waals surface area (Å²) in [5.41, 5.74) is -0.140. The molecule has 0 amide bonds. The molecule has 0 aliphatic heterocycles. The Kier molecular flexibility index (Phi) is 3.58. The molecule has 0 radical (unpaired) electrons. The minimum atomic E-state index is -2.86. The van der Waals surface area contributed by atoms with Gasteiger partial charge in [-0.05, 0) is 48.8 Å². The van der Waals surface area contributed by atoms with Crippen molar-refractivity contribution in [2.75, 3.05) is 0 Å². The lowest BCUT2D eigenvalue weighted by Crippen LogP contribution is -2.33. The van der Waals surface area contributed by atoms with Crippen molar-refractivity contribution in [3.8, 4) is 11.8 Å². The molecular formula is C16H17F2NO2. The van der Waals surface area contributed by atoms with Gasteiger partial charge in [-0.25, -0.2) is 0 Å². The number of nitrogens with zero attached hydrogens (tertiary/aromatic N) is 1. The normalized spacial score (nSPS) is 32.1. The zero-order valence-corrected chi connectivity index (χ0v) is 11.5. The maximum absolute atomic E-state index is 12.1. The third-order valence-corrected chi connectivity index (χ3v) is 5.01. The molecule has 112 valence electrons. The first kappa shape index (κ1) is 14.3. The number of halogens is 2. The third-order valence-electron chi connectivity index (χ3n) is 5.01. The topological polar surface area (TPSA) is 53.2 Å². The number of hydrogen-bond donors (Lipinski definition) is 1. The van der Waals surface area contributed by atoms with Crippen molar-refractivity contribution >= 4 is 0 Å². The Labute approximate surface area is 122 Å². The monoisotopic (exact) mass is 293 g/mol. The molecular weight excluding hydrogens is 276 g/mol. The second kappa shape index (κ2) is 5.27. The second-order valence-corrected chi connectivity index (χ2v) is 6.08. The molecule has 2 aliphatic rings. The maximum Gasteiger partial charge on any atom is 0.387 e. The van der Waals surface area contributed by atoms with Gasteiger partial charge < -0.3 is 9.84 Å². The molecule has 1 aromatic rings. The van der Waals surface area contributed by atoms with Gasteiger partial charge >= 0.3 is 6.61 Å². The molecule has 21 heavy (non-hydrogen) atoms. The number of alkyl halides is 2. The maximum atomic E-state index is 12.1. The zero-order valence-electron chi connectivity index (χ0n) is 11.5. The number of fused-ring (bicyclic) bond motifs is 2. The van der Waals surface area contributed by atoms with Crippen molar-refractivity contribution in [2.45, 2.75) is 38.4 Å². The second-order valence-electron chi connectivity index (χ2n) is 6.08. The predicted octanol–water partition coefficient (Wildman–Crippen LogP) is 3.65. The van der Waals surface area contributed by atoms with Crippen LogP contribution < -0.4 is 4.74 Å². The summed E-state index contributed by atoms with van der Waals surface area (Å²) in [6.45, 7) is -2.86. The van der Waals surface area contributed by atoms with E-state index < -0.39 is 18.1 Å². The molecule has 1 N–H and O–H groups in total. The number of aliphatic hydroxyl groups is 1. The Morgan fingerprint density at radius 3 is 2.48 bits per heavy atom. The molecule has 4 atom stereocenters. The molecule has 1 aromatic carbocycles. The molecule has 4 unspecified atom stereocenters. The Balaban J connectivity index is 1.81. The molecule has 3 nitrogen and oxygen atoms in total. The van der Waals surface area contributed by atoms with Crippen LogP contribution in [0.2, 0.25) is 0 Å². The molecule has 0 saturated heterocycles. The van der Waals surface area contributed by atoms with E-state index in [2.05, 4.69) is 10.8 Å². The van der Waals surface area contributed by atoms with Gasteiger partial charge in [0.15, 0.2) is 0 Å². The van der Waals surface area contributed by atoms with Crippen LogP contribution in [0.3, 0.4) is 0 Å². The van der Waals surface area contributed by atoms with Crippen LogP contribution in [0.4, 0.5) is 8.78 Å². The summed E-state index contributed by atoms with van der Waals surface area (Å²) in [6.07, 6.45) is 2.99. The van der Waals surface area contributed by atoms with Gasteiger partial charge in [0.2, 0.25) is 0 Å². The Hall–Kier alpha value is -1.67. The van der Waals surface area contributed by atoms with E-state index in [1.807, 2.05) is 0 Å². The molecule has 2 bridgehead atoms. The molecule has 3 rings (SSSR count). The third kappa shape index (κ3) is 2.38. The number of aliphatic hydroxyl groups excluding tert-OH is 1. The van der Waals surface area contributed by atoms with Crippen molar-refractivity contribution in [3.63, 3.8) is 0 Å². The van der Waals surface area contributed by atoms with E-state index in [-0.39, 0.29) is 11.7 Å². The van der Waals surface area contributed by atoms with Crippen molar-refractivity contribution < 1.29 is 18.6 Å². The highest BCUT2D eigenvalue weighted by molar-refractivity contribution is 5.32. The highest BCUT2D eigenvalue weighted by atomic mass is 19.3. The number of ether oxygens (including phenoxy) is 1. The van der Waals surface area contributed by atoms with E-state index in [4.69, 9.17) is 0 Å². The van der Waals surface area contributed by atoms with Gasteiger partial charge in [0.05, 0.1) is 17.6 Å². The number of rotatable bonds is 4. The summed E-state index contributed by atoms with van der Waals surface area (Å²) >= 11 is 0. The van der Waals surface area contributed by atoms with Crippen LogP contribution in [0, 0.1) is 28.6 Å². The van der Waals surface area contributed by atoms with E-state index in [1.54, 1.807) is 12.1 Å². The van der Waals surface area contributed by atoms with Gasteiger partial charge in [0, 0.05) is 0 Å². The average Bonchev–Trinajstić information content (AvgIpc) is 3.07. The van der Waals surface area contributed by atoms with Crippen molar-refractivity contribution in [3.05, 3.63) is 29.8 Å². The van der Waals surface area contributed by atoms with E-state index >= 15 is 0 Å². The van der Waals surface area contributed by atoms with Gasteiger partial charge in [-0.3, -0.25) is 0 Å². The van der Waals surface area contributed by atoms with Crippen LogP contribution >= 0.6 is 0 Å². The largest absolute Gasteiger partial charge is 0.435 e. The Morgan fingerprint density at radius 2 is 2.00 bits per heavy atom. The van der Waals surface area contributed by atoms with Gasteiger partial charge in [-0.15, -0.1) is 0 Å². The number of benzene rings is 1.